The van der Waals surface area contributed by atoms with Gasteiger partial charge < -0.3 is 9.84 Å². The predicted molar refractivity (Wildman–Crippen MR) is 94.8 cm³/mol. The Hall–Kier alpha value is -1.91. The highest BCUT2D eigenvalue weighted by molar-refractivity contribution is 5.20. The summed E-state index contributed by atoms with van der Waals surface area (Å²) in [5.74, 6) is 0.902. The maximum absolute atomic E-state index is 9.93. The molecule has 4 nitrogen and oxygen atoms in total. The van der Waals surface area contributed by atoms with Gasteiger partial charge in [-0.05, 0) is 61.5 Å². The molecular weight excluding hydrogens is 300 g/mol. The highest BCUT2D eigenvalue weighted by Gasteiger charge is 2.33. The van der Waals surface area contributed by atoms with Crippen LogP contribution in [-0.4, -0.2) is 41.3 Å². The molecule has 3 rings (SSSR count). The third kappa shape index (κ3) is 4.56. The van der Waals surface area contributed by atoms with E-state index in [1.165, 1.54) is 5.56 Å². The van der Waals surface area contributed by atoms with Crippen molar-refractivity contribution in [2.75, 3.05) is 26.3 Å². The topological polar surface area (TPSA) is 45.6 Å². The van der Waals surface area contributed by atoms with E-state index < -0.39 is 0 Å². The van der Waals surface area contributed by atoms with Gasteiger partial charge >= 0.3 is 0 Å². The molecule has 1 aromatic carbocycles. The van der Waals surface area contributed by atoms with Crippen LogP contribution in [0.4, 0.5) is 0 Å². The van der Waals surface area contributed by atoms with E-state index in [1.54, 1.807) is 0 Å². The van der Waals surface area contributed by atoms with E-state index in [0.717, 1.165) is 44.6 Å². The summed E-state index contributed by atoms with van der Waals surface area (Å²) in [6, 6.07) is 14.0. The van der Waals surface area contributed by atoms with Crippen LogP contribution in [-0.2, 0) is 6.54 Å². The lowest BCUT2D eigenvalue weighted by atomic mass is 9.76. The largest absolute Gasteiger partial charge is 0.494 e. The molecule has 128 valence electrons. The van der Waals surface area contributed by atoms with Gasteiger partial charge in [-0.3, -0.25) is 9.88 Å². The molecule has 0 radical (unpaired) electrons. The van der Waals surface area contributed by atoms with Crippen LogP contribution in [0, 0.1) is 5.41 Å². The molecule has 0 aliphatic carbocycles. The number of piperidine rings is 1. The summed E-state index contributed by atoms with van der Waals surface area (Å²) in [7, 11) is 0. The first-order chi connectivity index (χ1) is 11.8. The quantitative estimate of drug-likeness (QED) is 0.849. The lowest BCUT2D eigenvalue weighted by Crippen LogP contribution is -2.42. The molecule has 24 heavy (non-hydrogen) atoms. The van der Waals surface area contributed by atoms with Gasteiger partial charge in [-0.2, -0.15) is 0 Å². The zero-order chi connectivity index (χ0) is 16.7. The second kappa shape index (κ2) is 8.27. The Morgan fingerprint density at radius 3 is 2.54 bits per heavy atom. The Balaban J connectivity index is 1.47. The molecule has 0 spiro atoms. The van der Waals surface area contributed by atoms with Crippen LogP contribution in [0.2, 0.25) is 0 Å². The number of nitrogens with zero attached hydrogens (tertiary/aromatic N) is 2. The van der Waals surface area contributed by atoms with Crippen molar-refractivity contribution in [2.24, 2.45) is 5.41 Å². The highest BCUT2D eigenvalue weighted by atomic mass is 16.5. The Morgan fingerprint density at radius 1 is 1.08 bits per heavy atom. The van der Waals surface area contributed by atoms with Gasteiger partial charge in [0, 0.05) is 25.5 Å². The summed E-state index contributed by atoms with van der Waals surface area (Å²) < 4.78 is 5.83. The maximum Gasteiger partial charge on any atom is 0.119 e. The van der Waals surface area contributed by atoms with Gasteiger partial charge in [0.25, 0.3) is 0 Å². The van der Waals surface area contributed by atoms with Crippen molar-refractivity contribution in [3.05, 3.63) is 60.4 Å². The molecule has 1 fully saturated rings. The zero-order valence-electron chi connectivity index (χ0n) is 14.1. The van der Waals surface area contributed by atoms with Gasteiger partial charge in [-0.15, -0.1) is 0 Å². The van der Waals surface area contributed by atoms with E-state index in [-0.39, 0.29) is 12.0 Å². The second-order valence-electron chi connectivity index (χ2n) is 6.71. The molecular formula is C20H26N2O2. The zero-order valence-corrected chi connectivity index (χ0v) is 14.1. The number of aromatic nitrogens is 1. The number of rotatable bonds is 7. The van der Waals surface area contributed by atoms with Crippen LogP contribution in [0.5, 0.6) is 5.75 Å². The van der Waals surface area contributed by atoms with Crippen molar-refractivity contribution in [3.63, 3.8) is 0 Å². The molecule has 1 saturated heterocycles. The lowest BCUT2D eigenvalue weighted by Gasteiger charge is -2.40. The Morgan fingerprint density at radius 2 is 1.88 bits per heavy atom. The minimum atomic E-state index is 0.000216. The van der Waals surface area contributed by atoms with E-state index in [2.05, 4.69) is 16.0 Å². The molecule has 1 aromatic heterocycles. The standard InChI is InChI=1S/C20H26N2O2/c23-17-20(10-14-24-19-6-2-1-3-7-19)8-12-22(13-9-20)16-18-5-4-11-21-15-18/h1-7,11,15,23H,8-10,12-14,16-17H2. The van der Waals surface area contributed by atoms with Gasteiger partial charge in [0.1, 0.15) is 5.75 Å². The number of ether oxygens (including phenoxy) is 1. The summed E-state index contributed by atoms with van der Waals surface area (Å²) in [6.07, 6.45) is 6.67. The van der Waals surface area contributed by atoms with Crippen molar-refractivity contribution in [1.82, 2.24) is 9.88 Å². The molecule has 0 saturated carbocycles. The molecule has 0 unspecified atom stereocenters. The Labute approximate surface area is 144 Å². The van der Waals surface area contributed by atoms with Crippen molar-refractivity contribution < 1.29 is 9.84 Å². The smallest absolute Gasteiger partial charge is 0.119 e. The Bertz CT molecular complexity index is 596. The Kier molecular flexibility index (Phi) is 5.83. The number of hydrogen-bond acceptors (Lipinski definition) is 4. The van der Waals surface area contributed by atoms with Crippen LogP contribution in [0.25, 0.3) is 0 Å². The van der Waals surface area contributed by atoms with Gasteiger partial charge in [-0.25, -0.2) is 0 Å². The second-order valence-corrected chi connectivity index (χ2v) is 6.71. The van der Waals surface area contributed by atoms with E-state index in [4.69, 9.17) is 4.74 Å². The first-order valence-corrected chi connectivity index (χ1v) is 8.70. The number of likely N-dealkylation sites (tertiary alicyclic amines) is 1. The fraction of sp³-hybridized carbons (Fsp3) is 0.450. The number of aliphatic hydroxyl groups is 1. The van der Waals surface area contributed by atoms with Crippen LogP contribution in [0.15, 0.2) is 54.9 Å². The maximum atomic E-state index is 9.93. The van der Waals surface area contributed by atoms with Crippen LogP contribution in [0.3, 0.4) is 0 Å². The summed E-state index contributed by atoms with van der Waals surface area (Å²) >= 11 is 0. The lowest BCUT2D eigenvalue weighted by molar-refractivity contribution is 0.0243. The monoisotopic (exact) mass is 326 g/mol. The minimum Gasteiger partial charge on any atom is -0.494 e. The van der Waals surface area contributed by atoms with Gasteiger partial charge in [-0.1, -0.05) is 24.3 Å². The van der Waals surface area contributed by atoms with E-state index in [1.807, 2.05) is 48.8 Å². The molecule has 1 aliphatic heterocycles. The molecule has 2 aromatic rings. The third-order valence-electron chi connectivity index (χ3n) is 5.03. The van der Waals surface area contributed by atoms with E-state index in [9.17, 15) is 5.11 Å². The number of pyridine rings is 1. The van der Waals surface area contributed by atoms with Crippen LogP contribution in [0.1, 0.15) is 24.8 Å². The molecule has 0 bridgehead atoms. The van der Waals surface area contributed by atoms with Crippen molar-refractivity contribution >= 4 is 0 Å². The van der Waals surface area contributed by atoms with E-state index in [0.29, 0.717) is 6.61 Å². The normalized spacial score (nSPS) is 17.5. The van der Waals surface area contributed by atoms with Crippen LogP contribution < -0.4 is 4.74 Å². The van der Waals surface area contributed by atoms with Gasteiger partial charge in [0.2, 0.25) is 0 Å². The number of benzene rings is 1. The predicted octanol–water partition coefficient (Wildman–Crippen LogP) is 3.13. The highest BCUT2D eigenvalue weighted by Crippen LogP contribution is 2.35. The van der Waals surface area contributed by atoms with Gasteiger partial charge in [0.15, 0.2) is 0 Å². The first kappa shape index (κ1) is 16.9. The van der Waals surface area contributed by atoms with Crippen LogP contribution >= 0.6 is 0 Å². The summed E-state index contributed by atoms with van der Waals surface area (Å²) in [4.78, 5) is 6.63. The third-order valence-corrected chi connectivity index (χ3v) is 5.03. The molecule has 0 amide bonds. The van der Waals surface area contributed by atoms with Crippen molar-refractivity contribution in [3.8, 4) is 5.75 Å². The van der Waals surface area contributed by atoms with Crippen molar-refractivity contribution in [2.45, 2.75) is 25.8 Å². The number of hydrogen-bond donors (Lipinski definition) is 1. The average Bonchev–Trinajstić information content (AvgIpc) is 2.65. The molecule has 1 N–H and O–H groups in total. The summed E-state index contributed by atoms with van der Waals surface area (Å²) in [5.41, 5.74) is 1.25. The minimum absolute atomic E-state index is 0.000216. The molecule has 4 heteroatoms. The first-order valence-electron chi connectivity index (χ1n) is 8.70. The fourth-order valence-corrected chi connectivity index (χ4v) is 3.32. The van der Waals surface area contributed by atoms with E-state index >= 15 is 0 Å². The molecule has 1 aliphatic rings. The van der Waals surface area contributed by atoms with Crippen molar-refractivity contribution in [1.29, 1.82) is 0 Å². The van der Waals surface area contributed by atoms with Gasteiger partial charge in [0.05, 0.1) is 6.61 Å². The fourth-order valence-electron chi connectivity index (χ4n) is 3.32. The summed E-state index contributed by atoms with van der Waals surface area (Å²) in [5, 5.41) is 9.93. The SMILES string of the molecule is OCC1(CCOc2ccccc2)CCN(Cc2cccnc2)CC1. The summed E-state index contributed by atoms with van der Waals surface area (Å²) in [6.45, 7) is 3.87. The number of aliphatic hydroxyl groups excluding tert-OH is 1. The molecule has 2 heterocycles. The number of para-hydroxylation sites is 1. The average molecular weight is 326 g/mol. The molecule has 0 atom stereocenters.